The zero-order valence-electron chi connectivity index (χ0n) is 11.6. The molecule has 4 nitrogen and oxygen atoms in total. The van der Waals surface area contributed by atoms with Gasteiger partial charge in [0.25, 0.3) is 5.91 Å². The minimum Gasteiger partial charge on any atom is -0.330 e. The van der Waals surface area contributed by atoms with Gasteiger partial charge in [0.1, 0.15) is 5.69 Å². The van der Waals surface area contributed by atoms with Crippen LogP contribution in [0.3, 0.4) is 0 Å². The SMILES string of the molecule is CCCC1=NN(c2cc(F)c(F)cc2F)C(=O)C1CCN. The molecule has 0 bridgehead atoms. The van der Waals surface area contributed by atoms with Gasteiger partial charge in [-0.25, -0.2) is 13.2 Å². The van der Waals surface area contributed by atoms with Gasteiger partial charge in [-0.15, -0.1) is 0 Å². The topological polar surface area (TPSA) is 58.7 Å². The van der Waals surface area contributed by atoms with Crippen LogP contribution in [0.2, 0.25) is 0 Å². The molecule has 0 saturated heterocycles. The first kappa shape index (κ1) is 15.5. The number of rotatable bonds is 5. The van der Waals surface area contributed by atoms with Crippen molar-refractivity contribution in [1.82, 2.24) is 0 Å². The van der Waals surface area contributed by atoms with Gasteiger partial charge in [0.15, 0.2) is 17.5 Å². The highest BCUT2D eigenvalue weighted by atomic mass is 19.2. The molecule has 1 unspecified atom stereocenters. The second-order valence-electron chi connectivity index (χ2n) is 4.84. The van der Waals surface area contributed by atoms with Crippen LogP contribution in [0.15, 0.2) is 17.2 Å². The van der Waals surface area contributed by atoms with E-state index < -0.39 is 29.3 Å². The Morgan fingerprint density at radius 1 is 1.24 bits per heavy atom. The van der Waals surface area contributed by atoms with Crippen molar-refractivity contribution in [3.8, 4) is 0 Å². The minimum absolute atomic E-state index is 0.285. The summed E-state index contributed by atoms with van der Waals surface area (Å²) in [6.07, 6.45) is 1.72. The number of carbonyl (C=O) groups is 1. The van der Waals surface area contributed by atoms with E-state index in [2.05, 4.69) is 5.10 Å². The number of hydrogen-bond acceptors (Lipinski definition) is 3. The van der Waals surface area contributed by atoms with Crippen LogP contribution in [0, 0.1) is 23.4 Å². The van der Waals surface area contributed by atoms with Gasteiger partial charge in [0.05, 0.1) is 11.6 Å². The van der Waals surface area contributed by atoms with Crippen LogP contribution in [-0.4, -0.2) is 18.2 Å². The Kier molecular flexibility index (Phi) is 4.62. The molecule has 1 atom stereocenters. The van der Waals surface area contributed by atoms with Crippen LogP contribution in [0.4, 0.5) is 18.9 Å². The van der Waals surface area contributed by atoms with E-state index in [4.69, 9.17) is 5.73 Å². The van der Waals surface area contributed by atoms with Crippen molar-refractivity contribution in [3.63, 3.8) is 0 Å². The van der Waals surface area contributed by atoms with Gasteiger partial charge in [-0.05, 0) is 19.4 Å². The maximum atomic E-state index is 13.8. The molecule has 0 spiro atoms. The third-order valence-corrected chi connectivity index (χ3v) is 3.32. The van der Waals surface area contributed by atoms with Gasteiger partial charge < -0.3 is 5.73 Å². The number of amides is 1. The summed E-state index contributed by atoms with van der Waals surface area (Å²) in [6.45, 7) is 2.21. The molecule has 21 heavy (non-hydrogen) atoms. The van der Waals surface area contributed by atoms with Gasteiger partial charge in [-0.2, -0.15) is 10.1 Å². The molecule has 1 amide bonds. The second-order valence-corrected chi connectivity index (χ2v) is 4.84. The highest BCUT2D eigenvalue weighted by molar-refractivity contribution is 6.15. The number of nitrogens with two attached hydrogens (primary N) is 1. The lowest BCUT2D eigenvalue weighted by Crippen LogP contribution is -2.29. The lowest BCUT2D eigenvalue weighted by atomic mass is 9.96. The van der Waals surface area contributed by atoms with E-state index in [0.29, 0.717) is 30.7 Å². The lowest BCUT2D eigenvalue weighted by Gasteiger charge is -2.15. The van der Waals surface area contributed by atoms with Gasteiger partial charge in [0.2, 0.25) is 0 Å². The highest BCUT2D eigenvalue weighted by Crippen LogP contribution is 2.30. The van der Waals surface area contributed by atoms with Crippen molar-refractivity contribution in [2.75, 3.05) is 11.6 Å². The van der Waals surface area contributed by atoms with Crippen LogP contribution < -0.4 is 10.7 Å². The summed E-state index contributed by atoms with van der Waals surface area (Å²) in [6, 6.07) is 1.05. The van der Waals surface area contributed by atoms with E-state index in [9.17, 15) is 18.0 Å². The van der Waals surface area contributed by atoms with E-state index in [1.165, 1.54) is 0 Å². The fourth-order valence-corrected chi connectivity index (χ4v) is 2.32. The summed E-state index contributed by atoms with van der Waals surface area (Å²) in [4.78, 5) is 12.3. The Balaban J connectivity index is 2.40. The van der Waals surface area contributed by atoms with Crippen molar-refractivity contribution >= 4 is 17.3 Å². The van der Waals surface area contributed by atoms with Crippen molar-refractivity contribution in [1.29, 1.82) is 0 Å². The molecule has 7 heteroatoms. The molecular weight excluding hydrogens is 283 g/mol. The molecular formula is C14H16F3N3O. The van der Waals surface area contributed by atoms with Crippen LogP contribution >= 0.6 is 0 Å². The maximum Gasteiger partial charge on any atom is 0.256 e. The molecule has 0 saturated carbocycles. The number of hydrazone groups is 1. The first-order valence-corrected chi connectivity index (χ1v) is 6.75. The molecule has 1 aromatic carbocycles. The molecule has 1 aliphatic rings. The fourth-order valence-electron chi connectivity index (χ4n) is 2.32. The molecule has 114 valence electrons. The Hall–Kier alpha value is -1.89. The summed E-state index contributed by atoms with van der Waals surface area (Å²) in [5.74, 6) is -4.56. The van der Waals surface area contributed by atoms with Gasteiger partial charge >= 0.3 is 0 Å². The Labute approximate surface area is 120 Å². The minimum atomic E-state index is -1.31. The van der Waals surface area contributed by atoms with E-state index in [1.54, 1.807) is 0 Å². The van der Waals surface area contributed by atoms with Crippen molar-refractivity contribution in [2.45, 2.75) is 26.2 Å². The summed E-state index contributed by atoms with van der Waals surface area (Å²) in [5.41, 5.74) is 5.69. The van der Waals surface area contributed by atoms with E-state index in [1.807, 2.05) is 6.92 Å². The predicted molar refractivity (Wildman–Crippen MR) is 73.3 cm³/mol. The van der Waals surface area contributed by atoms with Crippen molar-refractivity contribution in [2.24, 2.45) is 16.8 Å². The van der Waals surface area contributed by atoms with Gasteiger partial charge in [-0.1, -0.05) is 13.3 Å². The molecule has 2 rings (SSSR count). The van der Waals surface area contributed by atoms with Gasteiger partial charge in [0, 0.05) is 12.1 Å². The molecule has 1 heterocycles. The van der Waals surface area contributed by atoms with Crippen LogP contribution in [-0.2, 0) is 4.79 Å². The number of carbonyl (C=O) groups excluding carboxylic acids is 1. The number of benzene rings is 1. The molecule has 0 fully saturated rings. The molecule has 2 N–H and O–H groups in total. The molecule has 1 aromatic rings. The largest absolute Gasteiger partial charge is 0.330 e. The summed E-state index contributed by atoms with van der Waals surface area (Å²) in [5, 5.41) is 4.89. The van der Waals surface area contributed by atoms with E-state index >= 15 is 0 Å². The van der Waals surface area contributed by atoms with Crippen LogP contribution in [0.1, 0.15) is 26.2 Å². The lowest BCUT2D eigenvalue weighted by molar-refractivity contribution is -0.119. The Morgan fingerprint density at radius 2 is 1.90 bits per heavy atom. The summed E-state index contributed by atoms with van der Waals surface area (Å²) < 4.78 is 40.0. The summed E-state index contributed by atoms with van der Waals surface area (Å²) in [7, 11) is 0. The Bertz CT molecular complexity index is 589. The van der Waals surface area contributed by atoms with E-state index in [0.717, 1.165) is 11.4 Å². The first-order valence-electron chi connectivity index (χ1n) is 6.75. The maximum absolute atomic E-state index is 13.8. The van der Waals surface area contributed by atoms with Crippen molar-refractivity contribution in [3.05, 3.63) is 29.6 Å². The highest BCUT2D eigenvalue weighted by Gasteiger charge is 2.36. The van der Waals surface area contributed by atoms with Crippen LogP contribution in [0.25, 0.3) is 0 Å². The fraction of sp³-hybridized carbons (Fsp3) is 0.429. The first-order chi connectivity index (χ1) is 9.99. The number of anilines is 1. The number of nitrogens with zero attached hydrogens (tertiary/aromatic N) is 2. The standard InChI is InChI=1S/C14H16F3N3O/c1-2-3-12-8(4-5-18)14(21)20(19-12)13-7-10(16)9(15)6-11(13)17/h6-8H,2-5,18H2,1H3. The quantitative estimate of drug-likeness (QED) is 0.850. The molecule has 0 radical (unpaired) electrons. The predicted octanol–water partition coefficient (Wildman–Crippen LogP) is 2.57. The third-order valence-electron chi connectivity index (χ3n) is 3.32. The average Bonchev–Trinajstić information content (AvgIpc) is 2.73. The van der Waals surface area contributed by atoms with Crippen molar-refractivity contribution < 1.29 is 18.0 Å². The van der Waals surface area contributed by atoms with Gasteiger partial charge in [-0.3, -0.25) is 4.79 Å². The zero-order valence-corrected chi connectivity index (χ0v) is 11.6. The normalized spacial score (nSPS) is 18.3. The monoisotopic (exact) mass is 299 g/mol. The number of halogens is 3. The summed E-state index contributed by atoms with van der Waals surface area (Å²) >= 11 is 0. The van der Waals surface area contributed by atoms with E-state index in [-0.39, 0.29) is 12.2 Å². The third kappa shape index (κ3) is 2.92. The molecule has 1 aliphatic heterocycles. The number of hydrogen-bond donors (Lipinski definition) is 1. The van der Waals surface area contributed by atoms with Crippen LogP contribution in [0.5, 0.6) is 0 Å². The average molecular weight is 299 g/mol. The molecule has 0 aromatic heterocycles. The zero-order chi connectivity index (χ0) is 15.6. The molecule has 0 aliphatic carbocycles. The smallest absolute Gasteiger partial charge is 0.256 e. The Morgan fingerprint density at radius 3 is 2.52 bits per heavy atom. The second kappa shape index (κ2) is 6.26.